The molecule has 1 unspecified atom stereocenters. The van der Waals surface area contributed by atoms with Gasteiger partial charge in [0.1, 0.15) is 9.96 Å². The van der Waals surface area contributed by atoms with Gasteiger partial charge in [0.2, 0.25) is 0 Å². The summed E-state index contributed by atoms with van der Waals surface area (Å²) in [7, 11) is -3.79. The number of nitrogens with zero attached hydrogens (tertiary/aromatic N) is 2. The number of fused-ring (bicyclic) bond motifs is 1. The van der Waals surface area contributed by atoms with Gasteiger partial charge in [0.25, 0.3) is 10.0 Å². The van der Waals surface area contributed by atoms with Gasteiger partial charge in [0.05, 0.1) is 12.3 Å². The minimum absolute atomic E-state index is 0.0257. The lowest BCUT2D eigenvalue weighted by Gasteiger charge is -2.19. The Labute approximate surface area is 185 Å². The van der Waals surface area contributed by atoms with Crippen LogP contribution in [0.1, 0.15) is 31.2 Å². The van der Waals surface area contributed by atoms with E-state index in [0.717, 1.165) is 16.0 Å². The van der Waals surface area contributed by atoms with Crippen molar-refractivity contribution < 1.29 is 23.1 Å². The topological polar surface area (TPSA) is 96.8 Å². The number of hydrogen-bond acceptors (Lipinski definition) is 6. The standard InChI is InChI=1S/C22H22N2O5S2/c1-2-29-17-4-5-19-18(13-17)16(3-7-21(25)26)14-24(19)31(27,28)22-8-6-20(30-22)15-9-11-23-12-10-15/h4-6,8-13,16H,2-3,7,14H2,1H3,(H,25,26). The first-order valence-corrected chi connectivity index (χ1v) is 12.2. The van der Waals surface area contributed by atoms with Crippen molar-refractivity contribution in [3.05, 3.63) is 60.4 Å². The van der Waals surface area contributed by atoms with Gasteiger partial charge in [-0.25, -0.2) is 8.42 Å². The number of hydrogen-bond donors (Lipinski definition) is 1. The van der Waals surface area contributed by atoms with Crippen molar-refractivity contribution in [2.75, 3.05) is 17.5 Å². The first-order valence-electron chi connectivity index (χ1n) is 9.91. The van der Waals surface area contributed by atoms with Crippen LogP contribution >= 0.6 is 11.3 Å². The lowest BCUT2D eigenvalue weighted by molar-refractivity contribution is -0.137. The van der Waals surface area contributed by atoms with Crippen LogP contribution in [0.4, 0.5) is 5.69 Å². The normalized spacial score (nSPS) is 15.6. The lowest BCUT2D eigenvalue weighted by atomic mass is 9.96. The van der Waals surface area contributed by atoms with E-state index in [0.29, 0.717) is 24.5 Å². The number of carbonyl (C=O) groups is 1. The third-order valence-electron chi connectivity index (χ3n) is 5.20. The molecule has 0 aliphatic carbocycles. The molecule has 1 aromatic carbocycles. The molecule has 0 fully saturated rings. The van der Waals surface area contributed by atoms with Crippen LogP contribution in [0.3, 0.4) is 0 Å². The quantitative estimate of drug-likeness (QED) is 0.539. The van der Waals surface area contributed by atoms with Gasteiger partial charge in [-0.05, 0) is 66.9 Å². The van der Waals surface area contributed by atoms with Gasteiger partial charge in [-0.3, -0.25) is 14.1 Å². The average molecular weight is 459 g/mol. The Morgan fingerprint density at radius 2 is 2.00 bits per heavy atom. The zero-order chi connectivity index (χ0) is 22.0. The second-order valence-corrected chi connectivity index (χ2v) is 10.3. The maximum absolute atomic E-state index is 13.5. The summed E-state index contributed by atoms with van der Waals surface area (Å²) in [6.45, 7) is 2.58. The van der Waals surface area contributed by atoms with Crippen LogP contribution in [0.2, 0.25) is 0 Å². The number of thiophene rings is 1. The number of benzene rings is 1. The van der Waals surface area contributed by atoms with Gasteiger partial charge in [0.15, 0.2) is 0 Å². The van der Waals surface area contributed by atoms with E-state index in [1.165, 1.54) is 15.6 Å². The van der Waals surface area contributed by atoms with Crippen molar-refractivity contribution >= 4 is 33.0 Å². The van der Waals surface area contributed by atoms with Crippen LogP contribution in [0.5, 0.6) is 5.75 Å². The Balaban J connectivity index is 1.69. The van der Waals surface area contributed by atoms with Crippen molar-refractivity contribution in [1.82, 2.24) is 4.98 Å². The molecule has 7 nitrogen and oxygen atoms in total. The van der Waals surface area contributed by atoms with Gasteiger partial charge < -0.3 is 9.84 Å². The summed E-state index contributed by atoms with van der Waals surface area (Å²) in [5.74, 6) is -0.457. The Bertz CT molecular complexity index is 1190. The lowest BCUT2D eigenvalue weighted by Crippen LogP contribution is -2.29. The molecule has 0 spiro atoms. The Morgan fingerprint density at radius 3 is 2.71 bits per heavy atom. The molecule has 0 saturated heterocycles. The second-order valence-electron chi connectivity index (χ2n) is 7.17. The van der Waals surface area contributed by atoms with E-state index < -0.39 is 16.0 Å². The van der Waals surface area contributed by atoms with E-state index in [4.69, 9.17) is 9.84 Å². The molecular weight excluding hydrogens is 436 g/mol. The zero-order valence-corrected chi connectivity index (χ0v) is 18.5. The first kappa shape index (κ1) is 21.3. The van der Waals surface area contributed by atoms with Crippen LogP contribution in [0.25, 0.3) is 10.4 Å². The molecule has 3 aromatic rings. The summed E-state index contributed by atoms with van der Waals surface area (Å²) in [5, 5.41) is 9.12. The smallest absolute Gasteiger partial charge is 0.303 e. The van der Waals surface area contributed by atoms with E-state index in [1.807, 2.05) is 25.1 Å². The highest BCUT2D eigenvalue weighted by molar-refractivity contribution is 7.94. The molecule has 0 bridgehead atoms. The highest BCUT2D eigenvalue weighted by atomic mass is 32.2. The molecule has 0 radical (unpaired) electrons. The van der Waals surface area contributed by atoms with Gasteiger partial charge >= 0.3 is 5.97 Å². The number of ether oxygens (including phenoxy) is 1. The van der Waals surface area contributed by atoms with Crippen LogP contribution in [0, 0.1) is 0 Å². The number of pyridine rings is 1. The fourth-order valence-corrected chi connectivity index (χ4v) is 6.71. The molecule has 0 saturated carbocycles. The summed E-state index contributed by atoms with van der Waals surface area (Å²) in [6, 6.07) is 12.4. The molecule has 0 amide bonds. The Morgan fingerprint density at radius 1 is 1.23 bits per heavy atom. The molecule has 1 N–H and O–H groups in total. The largest absolute Gasteiger partial charge is 0.494 e. The highest BCUT2D eigenvalue weighted by Crippen LogP contribution is 2.44. The molecule has 1 aliphatic rings. The zero-order valence-electron chi connectivity index (χ0n) is 16.9. The van der Waals surface area contributed by atoms with Crippen molar-refractivity contribution in [2.24, 2.45) is 0 Å². The van der Waals surface area contributed by atoms with Crippen LogP contribution in [-0.2, 0) is 14.8 Å². The van der Waals surface area contributed by atoms with Crippen LogP contribution in [0.15, 0.2) is 59.1 Å². The van der Waals surface area contributed by atoms with Gasteiger partial charge in [-0.15, -0.1) is 11.3 Å². The molecule has 3 heterocycles. The van der Waals surface area contributed by atoms with Crippen LogP contribution in [-0.4, -0.2) is 37.6 Å². The van der Waals surface area contributed by atoms with Gasteiger partial charge in [-0.1, -0.05) is 0 Å². The van der Waals surface area contributed by atoms with Crippen molar-refractivity contribution in [1.29, 1.82) is 0 Å². The summed E-state index contributed by atoms with van der Waals surface area (Å²) in [5.41, 5.74) is 2.29. The number of aromatic nitrogens is 1. The predicted octanol–water partition coefficient (Wildman–Crippen LogP) is 4.37. The second kappa shape index (κ2) is 8.68. The third-order valence-corrected chi connectivity index (χ3v) is 8.58. The van der Waals surface area contributed by atoms with E-state index in [2.05, 4.69) is 4.98 Å². The summed E-state index contributed by atoms with van der Waals surface area (Å²) in [6.07, 6.45) is 3.67. The van der Waals surface area contributed by atoms with E-state index >= 15 is 0 Å². The fourth-order valence-electron chi connectivity index (χ4n) is 3.75. The van der Waals surface area contributed by atoms with Gasteiger partial charge in [0, 0.05) is 36.2 Å². The average Bonchev–Trinajstić information content (AvgIpc) is 3.39. The molecule has 31 heavy (non-hydrogen) atoms. The molecule has 4 rings (SSSR count). The third kappa shape index (κ3) is 4.28. The summed E-state index contributed by atoms with van der Waals surface area (Å²) in [4.78, 5) is 16.0. The molecular formula is C22H22N2O5S2. The van der Waals surface area contributed by atoms with Gasteiger partial charge in [-0.2, -0.15) is 0 Å². The summed E-state index contributed by atoms with van der Waals surface area (Å²) >= 11 is 1.21. The molecule has 9 heteroatoms. The van der Waals surface area contributed by atoms with Crippen LogP contribution < -0.4 is 9.04 Å². The molecule has 1 atom stereocenters. The monoisotopic (exact) mass is 458 g/mol. The molecule has 1 aliphatic heterocycles. The SMILES string of the molecule is CCOc1ccc2c(c1)C(CCC(=O)O)CN2S(=O)(=O)c1ccc(-c2ccncc2)s1. The number of rotatable bonds is 8. The maximum Gasteiger partial charge on any atom is 0.303 e. The maximum atomic E-state index is 13.5. The highest BCUT2D eigenvalue weighted by Gasteiger charge is 2.37. The fraction of sp³-hybridized carbons (Fsp3) is 0.273. The minimum Gasteiger partial charge on any atom is -0.494 e. The van der Waals surface area contributed by atoms with Crippen molar-refractivity contribution in [3.63, 3.8) is 0 Å². The number of carboxylic acids is 1. The summed E-state index contributed by atoms with van der Waals surface area (Å²) < 4.78 is 34.2. The number of aliphatic carboxylic acids is 1. The Kier molecular flexibility index (Phi) is 5.97. The molecule has 2 aromatic heterocycles. The minimum atomic E-state index is -3.79. The van der Waals surface area contributed by atoms with E-state index in [-0.39, 0.29) is 23.1 Å². The number of anilines is 1. The number of carboxylic acid groups (broad SMARTS) is 1. The number of sulfonamides is 1. The van der Waals surface area contributed by atoms with E-state index in [1.54, 1.807) is 36.7 Å². The first-order chi connectivity index (χ1) is 14.9. The Hall–Kier alpha value is -2.91. The van der Waals surface area contributed by atoms with Crippen molar-refractivity contribution in [3.8, 4) is 16.2 Å². The van der Waals surface area contributed by atoms with E-state index in [9.17, 15) is 13.2 Å². The predicted molar refractivity (Wildman–Crippen MR) is 119 cm³/mol. The van der Waals surface area contributed by atoms with Crippen molar-refractivity contribution in [2.45, 2.75) is 29.9 Å². The molecule has 162 valence electrons.